The summed E-state index contributed by atoms with van der Waals surface area (Å²) in [6.07, 6.45) is 6.35. The fraction of sp³-hybridized carbons (Fsp3) is 0.462. The topological polar surface area (TPSA) is 41.9 Å². The molecule has 0 aromatic carbocycles. The molecule has 0 radical (unpaired) electrons. The molecular formula is C13H15FN4S. The lowest BCUT2D eigenvalue weighted by Gasteiger charge is -2.33. The van der Waals surface area contributed by atoms with E-state index in [1.807, 2.05) is 0 Å². The Morgan fingerprint density at radius 2 is 1.89 bits per heavy atom. The molecule has 3 heterocycles. The van der Waals surface area contributed by atoms with Gasteiger partial charge < -0.3 is 4.90 Å². The highest BCUT2D eigenvalue weighted by molar-refractivity contribution is 7.18. The first kappa shape index (κ1) is 12.5. The molecule has 0 atom stereocenters. The van der Waals surface area contributed by atoms with E-state index in [0.717, 1.165) is 23.1 Å². The molecule has 1 fully saturated rings. The van der Waals surface area contributed by atoms with Crippen LogP contribution in [0.4, 0.5) is 9.52 Å². The number of anilines is 1. The Kier molecular flexibility index (Phi) is 3.18. The maximum Gasteiger partial charge on any atom is 0.185 e. The first-order chi connectivity index (χ1) is 9.14. The van der Waals surface area contributed by atoms with Crippen molar-refractivity contribution in [1.29, 1.82) is 0 Å². The van der Waals surface area contributed by atoms with Gasteiger partial charge in [-0.1, -0.05) is 11.3 Å². The number of aromatic nitrogens is 3. The lowest BCUT2D eigenvalue weighted by atomic mass is 9.96. The van der Waals surface area contributed by atoms with E-state index in [9.17, 15) is 4.39 Å². The van der Waals surface area contributed by atoms with Crippen LogP contribution in [0.15, 0.2) is 24.7 Å². The molecule has 2 aromatic heterocycles. The second kappa shape index (κ2) is 4.85. The third-order valence-corrected chi connectivity index (χ3v) is 4.41. The van der Waals surface area contributed by atoms with Gasteiger partial charge in [0.1, 0.15) is 5.67 Å². The van der Waals surface area contributed by atoms with Crippen LogP contribution < -0.4 is 4.90 Å². The number of thiazole rings is 1. The Morgan fingerprint density at radius 1 is 1.21 bits per heavy atom. The van der Waals surface area contributed by atoms with Crippen molar-refractivity contribution in [3.8, 4) is 10.7 Å². The SMILES string of the molecule is CC1(F)CCN(c2ncc(-c3ncccn3)s2)CC1. The molecule has 100 valence electrons. The zero-order chi connectivity index (χ0) is 13.3. The third kappa shape index (κ3) is 2.73. The van der Waals surface area contributed by atoms with Crippen molar-refractivity contribution in [1.82, 2.24) is 15.0 Å². The van der Waals surface area contributed by atoms with Crippen LogP contribution in [-0.2, 0) is 0 Å². The summed E-state index contributed by atoms with van der Waals surface area (Å²) in [7, 11) is 0. The molecule has 0 N–H and O–H groups in total. The van der Waals surface area contributed by atoms with E-state index in [2.05, 4.69) is 19.9 Å². The Bertz CT molecular complexity index is 545. The summed E-state index contributed by atoms with van der Waals surface area (Å²) in [5.41, 5.74) is -1.03. The van der Waals surface area contributed by atoms with E-state index >= 15 is 0 Å². The van der Waals surface area contributed by atoms with Gasteiger partial charge in [-0.3, -0.25) is 0 Å². The number of hydrogen-bond donors (Lipinski definition) is 0. The van der Waals surface area contributed by atoms with E-state index < -0.39 is 5.67 Å². The van der Waals surface area contributed by atoms with Crippen LogP contribution in [0.2, 0.25) is 0 Å². The van der Waals surface area contributed by atoms with Crippen LogP contribution in [0.5, 0.6) is 0 Å². The van der Waals surface area contributed by atoms with Gasteiger partial charge in [0.25, 0.3) is 0 Å². The lowest BCUT2D eigenvalue weighted by Crippen LogP contribution is -2.39. The number of hydrogen-bond acceptors (Lipinski definition) is 5. The van der Waals surface area contributed by atoms with Crippen molar-refractivity contribution in [2.75, 3.05) is 18.0 Å². The number of rotatable bonds is 2. The quantitative estimate of drug-likeness (QED) is 0.847. The molecule has 0 saturated carbocycles. The average molecular weight is 278 g/mol. The third-order valence-electron chi connectivity index (χ3n) is 3.36. The minimum absolute atomic E-state index is 0.559. The summed E-state index contributed by atoms with van der Waals surface area (Å²) in [6.45, 7) is 3.11. The lowest BCUT2D eigenvalue weighted by molar-refractivity contribution is 0.149. The number of nitrogens with zero attached hydrogens (tertiary/aromatic N) is 4. The summed E-state index contributed by atoms with van der Waals surface area (Å²) < 4.78 is 13.8. The molecule has 1 aliphatic heterocycles. The molecular weight excluding hydrogens is 263 g/mol. The zero-order valence-corrected chi connectivity index (χ0v) is 11.5. The average Bonchev–Trinajstić information content (AvgIpc) is 2.89. The first-order valence-corrected chi connectivity index (χ1v) is 7.13. The van der Waals surface area contributed by atoms with Crippen molar-refractivity contribution in [2.45, 2.75) is 25.4 Å². The van der Waals surface area contributed by atoms with Crippen LogP contribution in [0.1, 0.15) is 19.8 Å². The highest BCUT2D eigenvalue weighted by Crippen LogP contribution is 2.33. The molecule has 0 spiro atoms. The summed E-state index contributed by atoms with van der Waals surface area (Å²) in [6, 6.07) is 1.79. The summed E-state index contributed by atoms with van der Waals surface area (Å²) in [4.78, 5) is 15.9. The Hall–Kier alpha value is -1.56. The van der Waals surface area contributed by atoms with Crippen LogP contribution in [0.25, 0.3) is 10.7 Å². The second-order valence-electron chi connectivity index (χ2n) is 4.98. The summed E-state index contributed by atoms with van der Waals surface area (Å²) in [5.74, 6) is 0.693. The van der Waals surface area contributed by atoms with Gasteiger partial charge in [0.05, 0.1) is 11.1 Å². The van der Waals surface area contributed by atoms with Crippen molar-refractivity contribution >= 4 is 16.5 Å². The Morgan fingerprint density at radius 3 is 2.58 bits per heavy atom. The molecule has 1 aliphatic rings. The maximum atomic E-state index is 13.8. The fourth-order valence-electron chi connectivity index (χ4n) is 2.11. The van der Waals surface area contributed by atoms with Crippen LogP contribution in [0.3, 0.4) is 0 Å². The van der Waals surface area contributed by atoms with E-state index in [0.29, 0.717) is 18.7 Å². The summed E-state index contributed by atoms with van der Waals surface area (Å²) in [5, 5.41) is 0.929. The second-order valence-corrected chi connectivity index (χ2v) is 5.99. The molecule has 1 saturated heterocycles. The minimum Gasteiger partial charge on any atom is -0.348 e. The van der Waals surface area contributed by atoms with E-state index in [1.54, 1.807) is 42.9 Å². The van der Waals surface area contributed by atoms with Gasteiger partial charge in [-0.05, 0) is 25.8 Å². The summed E-state index contributed by atoms with van der Waals surface area (Å²) >= 11 is 1.56. The number of piperidine rings is 1. The maximum absolute atomic E-state index is 13.8. The smallest absolute Gasteiger partial charge is 0.185 e. The molecule has 0 unspecified atom stereocenters. The van der Waals surface area contributed by atoms with Gasteiger partial charge in [0.15, 0.2) is 11.0 Å². The van der Waals surface area contributed by atoms with Crippen molar-refractivity contribution in [3.05, 3.63) is 24.7 Å². The fourth-order valence-corrected chi connectivity index (χ4v) is 3.02. The highest BCUT2D eigenvalue weighted by atomic mass is 32.1. The van der Waals surface area contributed by atoms with E-state index in [4.69, 9.17) is 0 Å². The highest BCUT2D eigenvalue weighted by Gasteiger charge is 2.30. The molecule has 4 nitrogen and oxygen atoms in total. The molecule has 0 aliphatic carbocycles. The predicted octanol–water partition coefficient (Wildman–Crippen LogP) is 2.93. The van der Waals surface area contributed by atoms with Gasteiger partial charge in [-0.15, -0.1) is 0 Å². The number of alkyl halides is 1. The monoisotopic (exact) mass is 278 g/mol. The Balaban J connectivity index is 1.76. The molecule has 0 amide bonds. The van der Waals surface area contributed by atoms with Gasteiger partial charge >= 0.3 is 0 Å². The van der Waals surface area contributed by atoms with Crippen molar-refractivity contribution in [3.63, 3.8) is 0 Å². The van der Waals surface area contributed by atoms with E-state index in [-0.39, 0.29) is 0 Å². The van der Waals surface area contributed by atoms with Crippen molar-refractivity contribution in [2.24, 2.45) is 0 Å². The van der Waals surface area contributed by atoms with Crippen LogP contribution in [0, 0.1) is 0 Å². The standard InChI is InChI=1S/C13H15FN4S/c1-13(14)3-7-18(8-4-13)12-17-9-10(19-12)11-15-5-2-6-16-11/h2,5-6,9H,3-4,7-8H2,1H3. The van der Waals surface area contributed by atoms with Gasteiger partial charge in [0, 0.05) is 25.5 Å². The van der Waals surface area contributed by atoms with Gasteiger partial charge in [0.2, 0.25) is 0 Å². The normalized spacial score (nSPS) is 18.5. The van der Waals surface area contributed by atoms with Crippen LogP contribution >= 0.6 is 11.3 Å². The van der Waals surface area contributed by atoms with Crippen molar-refractivity contribution < 1.29 is 4.39 Å². The van der Waals surface area contributed by atoms with E-state index in [1.165, 1.54) is 0 Å². The molecule has 3 rings (SSSR count). The molecule has 0 bridgehead atoms. The molecule has 6 heteroatoms. The van der Waals surface area contributed by atoms with Gasteiger partial charge in [-0.25, -0.2) is 19.3 Å². The predicted molar refractivity (Wildman–Crippen MR) is 74.1 cm³/mol. The minimum atomic E-state index is -1.03. The Labute approximate surface area is 115 Å². The molecule has 2 aromatic rings. The number of halogens is 1. The van der Waals surface area contributed by atoms with Gasteiger partial charge in [-0.2, -0.15) is 0 Å². The first-order valence-electron chi connectivity index (χ1n) is 6.31. The molecule has 19 heavy (non-hydrogen) atoms. The largest absolute Gasteiger partial charge is 0.348 e. The van der Waals surface area contributed by atoms with Crippen LogP contribution in [-0.4, -0.2) is 33.7 Å². The zero-order valence-electron chi connectivity index (χ0n) is 10.7.